The van der Waals surface area contributed by atoms with Gasteiger partial charge >= 0.3 is 6.18 Å². The number of allylic oxidation sites excluding steroid dienone is 1. The summed E-state index contributed by atoms with van der Waals surface area (Å²) in [4.78, 5) is 17.5. The van der Waals surface area contributed by atoms with Gasteiger partial charge in [0, 0.05) is 12.5 Å². The Balaban J connectivity index is 2.33. The van der Waals surface area contributed by atoms with Gasteiger partial charge < -0.3 is 0 Å². The van der Waals surface area contributed by atoms with E-state index in [1.54, 1.807) is 36.4 Å². The van der Waals surface area contributed by atoms with E-state index in [1.165, 1.54) is 10.6 Å². The first-order chi connectivity index (χ1) is 11.9. The molecule has 3 nitrogen and oxygen atoms in total. The summed E-state index contributed by atoms with van der Waals surface area (Å²) in [6, 6.07) is 13.7. The van der Waals surface area contributed by atoms with E-state index in [0.717, 1.165) is 6.08 Å². The van der Waals surface area contributed by atoms with Gasteiger partial charge in [-0.2, -0.15) is 13.2 Å². The van der Waals surface area contributed by atoms with Crippen LogP contribution in [-0.2, 0) is 6.42 Å². The maximum Gasteiger partial charge on any atom is 0.409 e. The van der Waals surface area contributed by atoms with Gasteiger partial charge in [-0.05, 0) is 29.8 Å². The van der Waals surface area contributed by atoms with Gasteiger partial charge in [-0.1, -0.05) is 37.3 Å². The Morgan fingerprint density at radius 3 is 2.44 bits per heavy atom. The lowest BCUT2D eigenvalue weighted by Gasteiger charge is -2.13. The van der Waals surface area contributed by atoms with Crippen LogP contribution >= 0.6 is 0 Å². The summed E-state index contributed by atoms with van der Waals surface area (Å²) < 4.78 is 39.0. The number of benzene rings is 2. The van der Waals surface area contributed by atoms with Crippen molar-refractivity contribution in [2.75, 3.05) is 0 Å². The standard InChI is InChI=1S/C19H15F3N2O/c1-2-16-23-15-10-6-7-13(11-12-19(20,21)22)17(15)18(25)24(16)14-8-4-3-5-9-14/h3-12H,2H2,1H3/b12-11+. The number of halogens is 3. The molecule has 0 aliphatic carbocycles. The molecule has 0 fully saturated rings. The van der Waals surface area contributed by atoms with Gasteiger partial charge in [-0.3, -0.25) is 9.36 Å². The van der Waals surface area contributed by atoms with Crippen LogP contribution in [0.2, 0.25) is 0 Å². The summed E-state index contributed by atoms with van der Waals surface area (Å²) in [5.74, 6) is 0.556. The highest BCUT2D eigenvalue weighted by atomic mass is 19.4. The molecule has 3 rings (SSSR count). The number of hydrogen-bond donors (Lipinski definition) is 0. The van der Waals surface area contributed by atoms with Gasteiger partial charge in [0.2, 0.25) is 0 Å². The topological polar surface area (TPSA) is 34.9 Å². The summed E-state index contributed by atoms with van der Waals surface area (Å²) >= 11 is 0. The minimum absolute atomic E-state index is 0.127. The van der Waals surface area contributed by atoms with E-state index >= 15 is 0 Å². The zero-order chi connectivity index (χ0) is 18.0. The predicted molar refractivity (Wildman–Crippen MR) is 91.8 cm³/mol. The van der Waals surface area contributed by atoms with E-state index in [2.05, 4.69) is 4.98 Å². The molecule has 0 unspecified atom stereocenters. The first-order valence-electron chi connectivity index (χ1n) is 7.77. The SMILES string of the molecule is CCc1nc2cccc(/C=C/C(F)(F)F)c2c(=O)n1-c1ccccc1. The van der Waals surface area contributed by atoms with Gasteiger partial charge in [-0.25, -0.2) is 4.98 Å². The van der Waals surface area contributed by atoms with Crippen LogP contribution in [0.4, 0.5) is 13.2 Å². The monoisotopic (exact) mass is 344 g/mol. The summed E-state index contributed by atoms with van der Waals surface area (Å²) in [5.41, 5.74) is 0.835. The van der Waals surface area contributed by atoms with E-state index < -0.39 is 6.18 Å². The van der Waals surface area contributed by atoms with Crippen molar-refractivity contribution in [2.24, 2.45) is 0 Å². The molecule has 3 aromatic rings. The van der Waals surface area contributed by atoms with Crippen molar-refractivity contribution in [1.82, 2.24) is 9.55 Å². The molecule has 25 heavy (non-hydrogen) atoms. The minimum atomic E-state index is -4.45. The Morgan fingerprint density at radius 1 is 1.08 bits per heavy atom. The van der Waals surface area contributed by atoms with Crippen molar-refractivity contribution in [2.45, 2.75) is 19.5 Å². The quantitative estimate of drug-likeness (QED) is 0.700. The number of nitrogens with zero attached hydrogens (tertiary/aromatic N) is 2. The molecular formula is C19H15F3N2O. The maximum atomic E-state index is 13.1. The first kappa shape index (κ1) is 17.0. The molecule has 0 amide bonds. The second-order valence-electron chi connectivity index (χ2n) is 5.47. The molecule has 0 bridgehead atoms. The Labute approximate surface area is 142 Å². The van der Waals surface area contributed by atoms with Gasteiger partial charge in [0.05, 0.1) is 16.6 Å². The zero-order valence-corrected chi connectivity index (χ0v) is 13.4. The van der Waals surface area contributed by atoms with Gasteiger partial charge in [0.25, 0.3) is 5.56 Å². The molecule has 0 aliphatic heterocycles. The Bertz CT molecular complexity index is 989. The van der Waals surface area contributed by atoms with Gasteiger partial charge in [-0.15, -0.1) is 0 Å². The number of aryl methyl sites for hydroxylation is 1. The molecule has 0 aliphatic rings. The van der Waals surface area contributed by atoms with Crippen molar-refractivity contribution in [1.29, 1.82) is 0 Å². The summed E-state index contributed by atoms with van der Waals surface area (Å²) in [7, 11) is 0. The molecule has 0 N–H and O–H groups in total. The van der Waals surface area contributed by atoms with Crippen LogP contribution in [0.1, 0.15) is 18.3 Å². The molecule has 2 aromatic carbocycles. The molecule has 0 saturated heterocycles. The number of alkyl halides is 3. The summed E-state index contributed by atoms with van der Waals surface area (Å²) in [6.45, 7) is 1.88. The number of aromatic nitrogens is 2. The third kappa shape index (κ3) is 3.47. The normalized spacial score (nSPS) is 12.2. The molecule has 0 radical (unpaired) electrons. The highest BCUT2D eigenvalue weighted by molar-refractivity contribution is 5.87. The van der Waals surface area contributed by atoms with Crippen molar-refractivity contribution in [3.05, 3.63) is 76.3 Å². The van der Waals surface area contributed by atoms with Crippen LogP contribution < -0.4 is 5.56 Å². The molecule has 1 heterocycles. The van der Waals surface area contributed by atoms with Crippen LogP contribution in [0.15, 0.2) is 59.4 Å². The molecular weight excluding hydrogens is 329 g/mol. The Hall–Kier alpha value is -2.89. The molecule has 0 saturated carbocycles. The number of rotatable bonds is 3. The molecule has 0 spiro atoms. The van der Waals surface area contributed by atoms with E-state index in [-0.39, 0.29) is 22.6 Å². The van der Waals surface area contributed by atoms with E-state index in [4.69, 9.17) is 0 Å². The van der Waals surface area contributed by atoms with Gasteiger partial charge in [0.15, 0.2) is 0 Å². The van der Waals surface area contributed by atoms with E-state index in [1.807, 2.05) is 13.0 Å². The average molecular weight is 344 g/mol. The second-order valence-corrected chi connectivity index (χ2v) is 5.47. The van der Waals surface area contributed by atoms with E-state index in [0.29, 0.717) is 23.4 Å². The highest BCUT2D eigenvalue weighted by Crippen LogP contribution is 2.22. The number of hydrogen-bond acceptors (Lipinski definition) is 2. The lowest BCUT2D eigenvalue weighted by atomic mass is 10.1. The largest absolute Gasteiger partial charge is 0.409 e. The lowest BCUT2D eigenvalue weighted by Crippen LogP contribution is -2.24. The van der Waals surface area contributed by atoms with Crippen molar-refractivity contribution < 1.29 is 13.2 Å². The maximum absolute atomic E-state index is 13.1. The van der Waals surface area contributed by atoms with Gasteiger partial charge in [0.1, 0.15) is 5.82 Å². The average Bonchev–Trinajstić information content (AvgIpc) is 2.59. The van der Waals surface area contributed by atoms with Crippen molar-refractivity contribution in [3.63, 3.8) is 0 Å². The van der Waals surface area contributed by atoms with Crippen LogP contribution in [-0.4, -0.2) is 15.7 Å². The fourth-order valence-electron chi connectivity index (χ4n) is 2.71. The minimum Gasteiger partial charge on any atom is -0.268 e. The third-order valence-corrected chi connectivity index (χ3v) is 3.78. The predicted octanol–water partition coefficient (Wildman–Crippen LogP) is 4.52. The van der Waals surface area contributed by atoms with Crippen molar-refractivity contribution >= 4 is 17.0 Å². The highest BCUT2D eigenvalue weighted by Gasteiger charge is 2.22. The molecule has 1 aromatic heterocycles. The number of fused-ring (bicyclic) bond motifs is 1. The molecule has 6 heteroatoms. The van der Waals surface area contributed by atoms with Crippen LogP contribution in [0.5, 0.6) is 0 Å². The van der Waals surface area contributed by atoms with Crippen LogP contribution in [0, 0.1) is 0 Å². The first-order valence-corrected chi connectivity index (χ1v) is 7.77. The molecule has 128 valence electrons. The van der Waals surface area contributed by atoms with E-state index in [9.17, 15) is 18.0 Å². The second kappa shape index (κ2) is 6.55. The Kier molecular flexibility index (Phi) is 4.44. The smallest absolute Gasteiger partial charge is 0.268 e. The van der Waals surface area contributed by atoms with Crippen molar-refractivity contribution in [3.8, 4) is 5.69 Å². The fraction of sp³-hybridized carbons (Fsp3) is 0.158. The van der Waals surface area contributed by atoms with Crippen LogP contribution in [0.3, 0.4) is 0 Å². The Morgan fingerprint density at radius 2 is 1.80 bits per heavy atom. The fourth-order valence-corrected chi connectivity index (χ4v) is 2.71. The summed E-state index contributed by atoms with van der Waals surface area (Å²) in [6.07, 6.45) is -2.89. The zero-order valence-electron chi connectivity index (χ0n) is 13.4. The number of para-hydroxylation sites is 1. The lowest BCUT2D eigenvalue weighted by molar-refractivity contribution is -0.0790. The summed E-state index contributed by atoms with van der Waals surface area (Å²) in [5, 5.41) is 0.170. The van der Waals surface area contributed by atoms with Crippen LogP contribution in [0.25, 0.3) is 22.7 Å². The molecule has 0 atom stereocenters. The third-order valence-electron chi connectivity index (χ3n) is 3.78.